The molecular formula is C13H14ClN3S. The summed E-state index contributed by atoms with van der Waals surface area (Å²) >= 11 is 7.73. The molecule has 0 radical (unpaired) electrons. The van der Waals surface area contributed by atoms with Gasteiger partial charge in [-0.2, -0.15) is 0 Å². The summed E-state index contributed by atoms with van der Waals surface area (Å²) in [5, 5.41) is 0.707. The summed E-state index contributed by atoms with van der Waals surface area (Å²) in [7, 11) is 0. The van der Waals surface area contributed by atoms with Crippen molar-refractivity contribution in [2.75, 3.05) is 0 Å². The highest BCUT2D eigenvalue weighted by Crippen LogP contribution is 2.29. The summed E-state index contributed by atoms with van der Waals surface area (Å²) < 4.78 is 3.51. The lowest BCUT2D eigenvalue weighted by Crippen LogP contribution is -2.18. The van der Waals surface area contributed by atoms with E-state index in [9.17, 15) is 0 Å². The van der Waals surface area contributed by atoms with E-state index in [2.05, 4.69) is 14.7 Å². The molecule has 18 heavy (non-hydrogen) atoms. The van der Waals surface area contributed by atoms with Gasteiger partial charge in [-0.1, -0.05) is 24.4 Å². The van der Waals surface area contributed by atoms with Crippen molar-refractivity contribution in [1.29, 1.82) is 0 Å². The zero-order valence-electron chi connectivity index (χ0n) is 9.90. The maximum absolute atomic E-state index is 6.11. The zero-order valence-corrected chi connectivity index (χ0v) is 11.5. The summed E-state index contributed by atoms with van der Waals surface area (Å²) in [5.41, 5.74) is 1.76. The number of fused-ring (bicyclic) bond motifs is 1. The zero-order chi connectivity index (χ0) is 12.4. The molecule has 1 fully saturated rings. The first-order valence-electron chi connectivity index (χ1n) is 6.15. The molecule has 1 aliphatic rings. The Labute approximate surface area is 115 Å². The third-order valence-corrected chi connectivity index (χ3v) is 4.39. The highest BCUT2D eigenvalue weighted by Gasteiger charge is 2.15. The van der Waals surface area contributed by atoms with Gasteiger partial charge in [0.15, 0.2) is 0 Å². The van der Waals surface area contributed by atoms with E-state index >= 15 is 0 Å². The van der Waals surface area contributed by atoms with E-state index in [-0.39, 0.29) is 0 Å². The molecule has 0 saturated heterocycles. The number of benzene rings is 1. The van der Waals surface area contributed by atoms with Crippen molar-refractivity contribution in [3.8, 4) is 0 Å². The van der Waals surface area contributed by atoms with E-state index in [0.717, 1.165) is 15.9 Å². The largest absolute Gasteiger partial charge is 0.257 e. The molecule has 1 saturated carbocycles. The molecule has 3 nitrogen and oxygen atoms in total. The van der Waals surface area contributed by atoms with E-state index in [1.54, 1.807) is 24.3 Å². The minimum atomic E-state index is 0.612. The van der Waals surface area contributed by atoms with Crippen molar-refractivity contribution in [1.82, 2.24) is 14.7 Å². The lowest BCUT2D eigenvalue weighted by Gasteiger charge is -2.11. The Balaban J connectivity index is 1.85. The molecule has 0 spiro atoms. The average molecular weight is 280 g/mol. The smallest absolute Gasteiger partial charge is 0.104 e. The van der Waals surface area contributed by atoms with Crippen molar-refractivity contribution in [3.63, 3.8) is 0 Å². The summed E-state index contributed by atoms with van der Waals surface area (Å²) in [4.78, 5) is 9.73. The van der Waals surface area contributed by atoms with Crippen molar-refractivity contribution >= 4 is 34.6 Å². The molecule has 3 rings (SSSR count). The third-order valence-electron chi connectivity index (χ3n) is 3.19. The highest BCUT2D eigenvalue weighted by molar-refractivity contribution is 7.97. The maximum atomic E-state index is 6.11. The molecule has 5 heteroatoms. The molecule has 0 atom stereocenters. The first kappa shape index (κ1) is 12.2. The molecule has 0 bridgehead atoms. The fraction of sp³-hybridized carbons (Fsp3) is 0.385. The van der Waals surface area contributed by atoms with Crippen LogP contribution in [0.15, 0.2) is 29.4 Å². The second kappa shape index (κ2) is 5.43. The van der Waals surface area contributed by atoms with E-state index in [4.69, 9.17) is 11.6 Å². The fourth-order valence-corrected chi connectivity index (χ4v) is 3.52. The van der Waals surface area contributed by atoms with E-state index in [1.807, 2.05) is 12.1 Å². The first-order valence-corrected chi connectivity index (χ1v) is 7.35. The van der Waals surface area contributed by atoms with Gasteiger partial charge in [0.1, 0.15) is 5.52 Å². The van der Waals surface area contributed by atoms with Crippen LogP contribution in [-0.2, 0) is 0 Å². The third kappa shape index (κ3) is 2.60. The van der Waals surface area contributed by atoms with E-state index in [0.29, 0.717) is 11.1 Å². The normalized spacial score (nSPS) is 16.5. The number of hydrogen-bond acceptors (Lipinski definition) is 4. The van der Waals surface area contributed by atoms with Crippen molar-refractivity contribution in [2.45, 2.75) is 36.6 Å². The number of nitrogens with one attached hydrogen (secondary N) is 1. The van der Waals surface area contributed by atoms with Crippen LogP contribution < -0.4 is 4.72 Å². The van der Waals surface area contributed by atoms with Crippen molar-refractivity contribution in [3.05, 3.63) is 29.5 Å². The number of aromatic nitrogens is 2. The fourth-order valence-electron chi connectivity index (χ4n) is 2.28. The lowest BCUT2D eigenvalue weighted by molar-refractivity contribution is 0.657. The van der Waals surface area contributed by atoms with Gasteiger partial charge in [0, 0.05) is 23.5 Å². The van der Waals surface area contributed by atoms with Gasteiger partial charge in [-0.05, 0) is 36.9 Å². The second-order valence-electron chi connectivity index (χ2n) is 4.53. The monoisotopic (exact) mass is 279 g/mol. The lowest BCUT2D eigenvalue weighted by atomic mass is 10.3. The summed E-state index contributed by atoms with van der Waals surface area (Å²) in [6.45, 7) is 0. The minimum Gasteiger partial charge on any atom is -0.257 e. The molecule has 94 valence electrons. The average Bonchev–Trinajstić information content (AvgIpc) is 2.89. The number of hydrogen-bond donors (Lipinski definition) is 1. The SMILES string of the molecule is Clc1cc(SNC2CCCC2)c2nccnc2c1. The molecule has 1 heterocycles. The standard InChI is InChI=1S/C13H14ClN3S/c14-9-7-11-13(16-6-5-15-11)12(8-9)18-17-10-3-1-2-4-10/h5-8,10,17H,1-4H2. The Morgan fingerprint density at radius 1 is 1.17 bits per heavy atom. The Morgan fingerprint density at radius 3 is 2.78 bits per heavy atom. The van der Waals surface area contributed by atoms with Crippen LogP contribution >= 0.6 is 23.5 Å². The Bertz CT molecular complexity index is 555. The summed E-state index contributed by atoms with van der Waals surface area (Å²) in [6, 6.07) is 4.41. The molecule has 0 unspecified atom stereocenters. The van der Waals surface area contributed by atoms with Gasteiger partial charge in [0.2, 0.25) is 0 Å². The van der Waals surface area contributed by atoms with Gasteiger partial charge in [-0.3, -0.25) is 14.7 Å². The molecule has 1 aliphatic carbocycles. The molecule has 1 aromatic heterocycles. The molecule has 1 aromatic carbocycles. The van der Waals surface area contributed by atoms with Crippen LogP contribution in [0.3, 0.4) is 0 Å². The Morgan fingerprint density at radius 2 is 1.94 bits per heavy atom. The molecule has 0 aliphatic heterocycles. The van der Waals surface area contributed by atoms with Crippen LogP contribution in [-0.4, -0.2) is 16.0 Å². The first-order chi connectivity index (χ1) is 8.83. The number of rotatable bonds is 3. The molecule has 0 amide bonds. The van der Waals surface area contributed by atoms with Crippen LogP contribution in [0.5, 0.6) is 0 Å². The van der Waals surface area contributed by atoms with Gasteiger partial charge in [-0.25, -0.2) is 0 Å². The number of nitrogens with zero attached hydrogens (tertiary/aromatic N) is 2. The van der Waals surface area contributed by atoms with Crippen LogP contribution in [0.25, 0.3) is 11.0 Å². The topological polar surface area (TPSA) is 37.8 Å². The molecular weight excluding hydrogens is 266 g/mol. The van der Waals surface area contributed by atoms with E-state index < -0.39 is 0 Å². The van der Waals surface area contributed by atoms with Crippen LogP contribution in [0.1, 0.15) is 25.7 Å². The van der Waals surface area contributed by atoms with Gasteiger partial charge in [0.05, 0.1) is 10.4 Å². The predicted octanol–water partition coefficient (Wildman–Crippen LogP) is 3.82. The van der Waals surface area contributed by atoms with E-state index in [1.165, 1.54) is 25.7 Å². The van der Waals surface area contributed by atoms with Crippen molar-refractivity contribution < 1.29 is 0 Å². The highest BCUT2D eigenvalue weighted by atomic mass is 35.5. The maximum Gasteiger partial charge on any atom is 0.104 e. The summed E-state index contributed by atoms with van der Waals surface area (Å²) in [6.07, 6.45) is 8.59. The second-order valence-corrected chi connectivity index (χ2v) is 5.85. The van der Waals surface area contributed by atoms with Crippen molar-refractivity contribution in [2.24, 2.45) is 0 Å². The Kier molecular flexibility index (Phi) is 3.68. The summed E-state index contributed by atoms with van der Waals surface area (Å²) in [5.74, 6) is 0. The molecule has 2 aromatic rings. The van der Waals surface area contributed by atoms with Crippen LogP contribution in [0.4, 0.5) is 0 Å². The quantitative estimate of drug-likeness (QED) is 0.867. The molecule has 1 N–H and O–H groups in total. The minimum absolute atomic E-state index is 0.612. The van der Waals surface area contributed by atoms with Gasteiger partial charge >= 0.3 is 0 Å². The van der Waals surface area contributed by atoms with Gasteiger partial charge in [0.25, 0.3) is 0 Å². The van der Waals surface area contributed by atoms with Crippen LogP contribution in [0.2, 0.25) is 5.02 Å². The predicted molar refractivity (Wildman–Crippen MR) is 75.8 cm³/mol. The number of halogens is 1. The van der Waals surface area contributed by atoms with Gasteiger partial charge in [-0.15, -0.1) is 0 Å². The van der Waals surface area contributed by atoms with Gasteiger partial charge < -0.3 is 0 Å². The Hall–Kier alpha value is -0.840. The van der Waals surface area contributed by atoms with Crippen LogP contribution in [0, 0.1) is 0 Å².